The first kappa shape index (κ1) is 13.5. The summed E-state index contributed by atoms with van der Waals surface area (Å²) in [6.07, 6.45) is 5.25. The van der Waals surface area contributed by atoms with Crippen LogP contribution < -0.4 is 15.2 Å². The molecule has 1 saturated carbocycles. The molecule has 1 fully saturated rings. The van der Waals surface area contributed by atoms with Crippen molar-refractivity contribution >= 4 is 15.9 Å². The van der Waals surface area contributed by atoms with Crippen molar-refractivity contribution in [3.05, 3.63) is 10.7 Å². The second-order valence-corrected chi connectivity index (χ2v) is 5.36. The monoisotopic (exact) mass is 315 g/mol. The fourth-order valence-electron chi connectivity index (χ4n) is 2.37. The molecule has 2 atom stereocenters. The maximum atomic E-state index is 5.75. The summed E-state index contributed by atoms with van der Waals surface area (Å²) in [6.45, 7) is 1.37. The van der Waals surface area contributed by atoms with Gasteiger partial charge in [-0.1, -0.05) is 6.42 Å². The molecule has 1 aliphatic rings. The van der Waals surface area contributed by atoms with Crippen molar-refractivity contribution < 1.29 is 9.47 Å². The topological polar surface area (TPSA) is 70.3 Å². The van der Waals surface area contributed by atoms with E-state index in [1.165, 1.54) is 19.3 Å². The number of nitrogens with two attached hydrogens (primary N) is 1. The van der Waals surface area contributed by atoms with E-state index >= 15 is 0 Å². The van der Waals surface area contributed by atoms with Crippen molar-refractivity contribution in [2.75, 3.05) is 20.3 Å². The van der Waals surface area contributed by atoms with Gasteiger partial charge in [-0.3, -0.25) is 0 Å². The summed E-state index contributed by atoms with van der Waals surface area (Å²) in [7, 11) is 1.57. The maximum absolute atomic E-state index is 5.75. The molecule has 0 spiro atoms. The number of methoxy groups -OCH3 is 1. The molecule has 0 amide bonds. The number of ether oxygens (including phenoxy) is 2. The Bertz CT molecular complexity index is 403. The molecule has 18 heavy (non-hydrogen) atoms. The van der Waals surface area contributed by atoms with E-state index in [0.717, 1.165) is 11.0 Å². The average molecular weight is 316 g/mol. The van der Waals surface area contributed by atoms with Crippen LogP contribution in [0.4, 0.5) is 0 Å². The predicted molar refractivity (Wildman–Crippen MR) is 71.7 cm³/mol. The van der Waals surface area contributed by atoms with Crippen LogP contribution in [0, 0.1) is 11.8 Å². The Morgan fingerprint density at radius 2 is 2.22 bits per heavy atom. The van der Waals surface area contributed by atoms with E-state index < -0.39 is 0 Å². The zero-order valence-electron chi connectivity index (χ0n) is 10.4. The number of halogens is 1. The molecule has 0 bridgehead atoms. The Balaban J connectivity index is 1.93. The minimum atomic E-state index is 0.359. The Morgan fingerprint density at radius 1 is 1.44 bits per heavy atom. The summed E-state index contributed by atoms with van der Waals surface area (Å²) >= 11 is 3.31. The van der Waals surface area contributed by atoms with Crippen LogP contribution in [-0.2, 0) is 0 Å². The molecule has 1 aromatic heterocycles. The highest BCUT2D eigenvalue weighted by molar-refractivity contribution is 9.10. The van der Waals surface area contributed by atoms with Gasteiger partial charge in [-0.25, -0.2) is 4.98 Å². The Hall–Kier alpha value is -0.880. The first-order valence-electron chi connectivity index (χ1n) is 6.14. The third kappa shape index (κ3) is 3.11. The van der Waals surface area contributed by atoms with E-state index in [-0.39, 0.29) is 0 Å². The molecule has 100 valence electrons. The average Bonchev–Trinajstić information content (AvgIpc) is 2.85. The fraction of sp³-hybridized carbons (Fsp3) is 0.667. The van der Waals surface area contributed by atoms with E-state index in [4.69, 9.17) is 15.2 Å². The van der Waals surface area contributed by atoms with Gasteiger partial charge in [-0.15, -0.1) is 0 Å². The van der Waals surface area contributed by atoms with Crippen molar-refractivity contribution in [2.45, 2.75) is 19.3 Å². The molecule has 0 aliphatic heterocycles. The van der Waals surface area contributed by atoms with Crippen molar-refractivity contribution in [3.8, 4) is 11.9 Å². The van der Waals surface area contributed by atoms with E-state index in [1.807, 2.05) is 0 Å². The van der Waals surface area contributed by atoms with Crippen LogP contribution in [0.15, 0.2) is 10.7 Å². The number of nitrogens with zero attached hydrogens (tertiary/aromatic N) is 2. The first-order valence-corrected chi connectivity index (χ1v) is 6.93. The van der Waals surface area contributed by atoms with Gasteiger partial charge in [-0.05, 0) is 47.2 Å². The van der Waals surface area contributed by atoms with Gasteiger partial charge in [0.25, 0.3) is 0 Å². The Morgan fingerprint density at radius 3 is 2.94 bits per heavy atom. The quantitative estimate of drug-likeness (QED) is 0.900. The molecule has 0 aromatic carbocycles. The number of aromatic nitrogens is 2. The van der Waals surface area contributed by atoms with Gasteiger partial charge in [0.2, 0.25) is 5.88 Å². The van der Waals surface area contributed by atoms with Gasteiger partial charge >= 0.3 is 6.01 Å². The number of hydrogen-bond acceptors (Lipinski definition) is 5. The van der Waals surface area contributed by atoms with Crippen LogP contribution in [0.1, 0.15) is 19.3 Å². The van der Waals surface area contributed by atoms with Crippen LogP contribution in [0.2, 0.25) is 0 Å². The zero-order chi connectivity index (χ0) is 13.0. The van der Waals surface area contributed by atoms with E-state index in [1.54, 1.807) is 13.3 Å². The van der Waals surface area contributed by atoms with Crippen molar-refractivity contribution in [1.29, 1.82) is 0 Å². The summed E-state index contributed by atoms with van der Waals surface area (Å²) in [5.74, 6) is 1.58. The van der Waals surface area contributed by atoms with E-state index in [0.29, 0.717) is 30.3 Å². The lowest BCUT2D eigenvalue weighted by Crippen LogP contribution is -2.23. The maximum Gasteiger partial charge on any atom is 0.319 e. The van der Waals surface area contributed by atoms with E-state index in [9.17, 15) is 0 Å². The molecular formula is C12H18BrN3O2. The predicted octanol–water partition coefficient (Wildman–Crippen LogP) is 2.00. The smallest absolute Gasteiger partial charge is 0.319 e. The lowest BCUT2D eigenvalue weighted by atomic mass is 9.97. The molecule has 0 saturated heterocycles. The normalized spacial score (nSPS) is 23.1. The van der Waals surface area contributed by atoms with Crippen LogP contribution >= 0.6 is 15.9 Å². The standard InChI is InChI=1S/C12H18BrN3O2/c1-17-11-10(13)6-15-12(16-11)18-7-9-4-2-3-8(9)5-14/h6,8-9H,2-5,7,14H2,1H3. The number of hydrogen-bond donors (Lipinski definition) is 1. The second kappa shape index (κ2) is 6.33. The molecule has 2 N–H and O–H groups in total. The molecule has 2 unspecified atom stereocenters. The summed E-state index contributed by atoms with van der Waals surface area (Å²) in [5, 5.41) is 0. The first-order chi connectivity index (χ1) is 8.74. The van der Waals surface area contributed by atoms with Gasteiger partial charge in [0, 0.05) is 0 Å². The third-order valence-electron chi connectivity index (χ3n) is 3.43. The Kier molecular flexibility index (Phi) is 4.77. The van der Waals surface area contributed by atoms with Crippen LogP contribution in [0.25, 0.3) is 0 Å². The zero-order valence-corrected chi connectivity index (χ0v) is 12.0. The summed E-state index contributed by atoms with van der Waals surface area (Å²) in [5.41, 5.74) is 5.75. The van der Waals surface area contributed by atoms with Crippen molar-refractivity contribution in [2.24, 2.45) is 17.6 Å². The summed E-state index contributed by atoms with van der Waals surface area (Å²) in [4.78, 5) is 8.28. The SMILES string of the molecule is COc1nc(OCC2CCCC2CN)ncc1Br. The van der Waals surface area contributed by atoms with Gasteiger partial charge < -0.3 is 15.2 Å². The highest BCUT2D eigenvalue weighted by Gasteiger charge is 2.26. The van der Waals surface area contributed by atoms with Gasteiger partial charge in [0.15, 0.2) is 0 Å². The van der Waals surface area contributed by atoms with Crippen molar-refractivity contribution in [3.63, 3.8) is 0 Å². The van der Waals surface area contributed by atoms with Crippen molar-refractivity contribution in [1.82, 2.24) is 9.97 Å². The molecular weight excluding hydrogens is 298 g/mol. The molecule has 5 nitrogen and oxygen atoms in total. The summed E-state index contributed by atoms with van der Waals surface area (Å²) in [6, 6.07) is 0.359. The van der Waals surface area contributed by atoms with Crippen LogP contribution in [0.5, 0.6) is 11.9 Å². The highest BCUT2D eigenvalue weighted by atomic mass is 79.9. The highest BCUT2D eigenvalue weighted by Crippen LogP contribution is 2.31. The van der Waals surface area contributed by atoms with Gasteiger partial charge in [0.1, 0.15) is 0 Å². The number of rotatable bonds is 5. The fourth-order valence-corrected chi connectivity index (χ4v) is 2.73. The molecule has 2 rings (SSSR count). The van der Waals surface area contributed by atoms with Crippen LogP contribution in [0.3, 0.4) is 0 Å². The van der Waals surface area contributed by atoms with Gasteiger partial charge in [-0.2, -0.15) is 4.98 Å². The molecule has 0 radical (unpaired) electrons. The second-order valence-electron chi connectivity index (χ2n) is 4.51. The third-order valence-corrected chi connectivity index (χ3v) is 3.97. The minimum Gasteiger partial charge on any atom is -0.480 e. The summed E-state index contributed by atoms with van der Waals surface area (Å²) < 4.78 is 11.5. The van der Waals surface area contributed by atoms with Gasteiger partial charge in [0.05, 0.1) is 24.4 Å². The lowest BCUT2D eigenvalue weighted by molar-refractivity contribution is 0.201. The molecule has 6 heteroatoms. The minimum absolute atomic E-state index is 0.359. The van der Waals surface area contributed by atoms with E-state index in [2.05, 4.69) is 25.9 Å². The Labute approximate surface area is 115 Å². The lowest BCUT2D eigenvalue weighted by Gasteiger charge is -2.17. The molecule has 1 aromatic rings. The molecule has 1 aliphatic carbocycles. The largest absolute Gasteiger partial charge is 0.480 e. The van der Waals surface area contributed by atoms with Crippen LogP contribution in [-0.4, -0.2) is 30.2 Å². The molecule has 1 heterocycles.